The number of carbonyl (C=O) groups is 1. The Morgan fingerprint density at radius 3 is 1.82 bits per heavy atom. The van der Waals surface area contributed by atoms with Crippen LogP contribution in [0.4, 0.5) is 0 Å². The van der Waals surface area contributed by atoms with Crippen LogP contribution in [0.25, 0.3) is 0 Å². The van der Waals surface area contributed by atoms with Crippen molar-refractivity contribution in [2.24, 2.45) is 0 Å². The average molecular weight is 576 g/mol. The number of piperidine rings is 1. The maximum Gasteiger partial charge on any atom is 0.303 e. The van der Waals surface area contributed by atoms with Crippen LogP contribution < -0.4 is 4.89 Å². The van der Waals surface area contributed by atoms with Crippen LogP contribution in [0.1, 0.15) is 129 Å². The molecular formula is C30H58NO7P. The summed E-state index contributed by atoms with van der Waals surface area (Å²) in [4.78, 5) is 24.0. The highest BCUT2D eigenvalue weighted by Crippen LogP contribution is 2.47. The van der Waals surface area contributed by atoms with Gasteiger partial charge in [-0.25, -0.2) is 0 Å². The maximum absolute atomic E-state index is 12.5. The van der Waals surface area contributed by atoms with Crippen molar-refractivity contribution in [2.45, 2.75) is 154 Å². The third-order valence-corrected chi connectivity index (χ3v) is 9.78. The summed E-state index contributed by atoms with van der Waals surface area (Å²) in [5, 5.41) is 0. The second-order valence-electron chi connectivity index (χ2n) is 12.4. The van der Waals surface area contributed by atoms with Crippen molar-refractivity contribution in [2.75, 3.05) is 33.9 Å². The molecule has 0 N–H and O–H groups in total. The highest BCUT2D eigenvalue weighted by molar-refractivity contribution is 7.45. The minimum Gasteiger partial charge on any atom is -0.756 e. The molecule has 2 rings (SSSR count). The molecule has 39 heavy (non-hydrogen) atoms. The zero-order valence-corrected chi connectivity index (χ0v) is 26.3. The Morgan fingerprint density at radius 1 is 0.846 bits per heavy atom. The molecule has 0 aromatic heterocycles. The molecular weight excluding hydrogens is 517 g/mol. The molecule has 2 fully saturated rings. The summed E-state index contributed by atoms with van der Waals surface area (Å²) in [6.45, 7) is 3.93. The first-order valence-corrected chi connectivity index (χ1v) is 17.3. The first kappa shape index (κ1) is 34.7. The molecule has 230 valence electrons. The summed E-state index contributed by atoms with van der Waals surface area (Å²) in [7, 11) is -0.0722. The second kappa shape index (κ2) is 18.8. The number of esters is 1. The number of hydrogen-bond acceptors (Lipinski definition) is 7. The van der Waals surface area contributed by atoms with Gasteiger partial charge in [0.05, 0.1) is 45.5 Å². The summed E-state index contributed by atoms with van der Waals surface area (Å²) in [6.07, 6.45) is 20.7. The molecule has 2 bridgehead atoms. The van der Waals surface area contributed by atoms with Gasteiger partial charge in [-0.3, -0.25) is 9.36 Å². The molecule has 9 heteroatoms. The van der Waals surface area contributed by atoms with E-state index in [1.54, 1.807) is 0 Å². The van der Waals surface area contributed by atoms with Crippen molar-refractivity contribution in [3.8, 4) is 0 Å². The molecule has 2 aliphatic heterocycles. The zero-order chi connectivity index (χ0) is 28.6. The Bertz CT molecular complexity index is 703. The van der Waals surface area contributed by atoms with Crippen molar-refractivity contribution >= 4 is 13.8 Å². The van der Waals surface area contributed by atoms with E-state index in [-0.39, 0.29) is 19.3 Å². The Morgan fingerprint density at radius 2 is 1.33 bits per heavy atom. The van der Waals surface area contributed by atoms with Crippen LogP contribution in [0, 0.1) is 0 Å². The van der Waals surface area contributed by atoms with E-state index in [1.165, 1.54) is 84.0 Å². The van der Waals surface area contributed by atoms with E-state index in [1.807, 2.05) is 0 Å². The van der Waals surface area contributed by atoms with Gasteiger partial charge in [-0.1, -0.05) is 90.4 Å². The molecule has 4 unspecified atom stereocenters. The summed E-state index contributed by atoms with van der Waals surface area (Å²) in [5.41, 5.74) is 0. The lowest BCUT2D eigenvalue weighted by Crippen LogP contribution is -2.56. The fraction of sp³-hybridized carbons (Fsp3) is 0.967. The predicted octanol–water partition coefficient (Wildman–Crippen LogP) is 6.69. The molecule has 0 radical (unpaired) electrons. The van der Waals surface area contributed by atoms with Crippen LogP contribution in [0.15, 0.2) is 0 Å². The molecule has 0 aromatic rings. The zero-order valence-electron chi connectivity index (χ0n) is 25.4. The SMILES string of the molecule is CCCCCCCCCCCCCCCCOCC(COP(=O)([O-])OC1CC2CCC(C1)[N+]2(C)C)OC(C)=O. The van der Waals surface area contributed by atoms with Gasteiger partial charge in [-0.15, -0.1) is 0 Å². The van der Waals surface area contributed by atoms with Gasteiger partial charge in [-0.05, 0) is 6.42 Å². The summed E-state index contributed by atoms with van der Waals surface area (Å²) in [5.74, 6) is -0.491. The van der Waals surface area contributed by atoms with Crippen molar-refractivity contribution in [1.29, 1.82) is 0 Å². The minimum absolute atomic E-state index is 0.108. The summed E-state index contributed by atoms with van der Waals surface area (Å²) < 4.78 is 34.9. The fourth-order valence-electron chi connectivity index (χ4n) is 6.27. The number of phosphoric ester groups is 1. The quantitative estimate of drug-likeness (QED) is 0.0580. The van der Waals surface area contributed by atoms with Crippen molar-refractivity contribution in [3.05, 3.63) is 0 Å². The van der Waals surface area contributed by atoms with Crippen molar-refractivity contribution in [1.82, 2.24) is 0 Å². The first-order valence-electron chi connectivity index (χ1n) is 15.9. The van der Waals surface area contributed by atoms with Crippen LogP contribution >= 0.6 is 7.82 Å². The third-order valence-electron chi connectivity index (χ3n) is 8.76. The highest BCUT2D eigenvalue weighted by Gasteiger charge is 2.49. The van der Waals surface area contributed by atoms with Crippen molar-refractivity contribution in [3.63, 3.8) is 0 Å². The van der Waals surface area contributed by atoms with Crippen LogP contribution in [0.3, 0.4) is 0 Å². The van der Waals surface area contributed by atoms with Gasteiger partial charge in [0.25, 0.3) is 7.82 Å². The molecule has 0 aromatic carbocycles. The summed E-state index contributed by atoms with van der Waals surface area (Å²) >= 11 is 0. The number of unbranched alkanes of at least 4 members (excludes halogenated alkanes) is 13. The van der Waals surface area contributed by atoms with Gasteiger partial charge in [-0.2, -0.15) is 0 Å². The Kier molecular flexibility index (Phi) is 16.8. The van der Waals surface area contributed by atoms with Crippen LogP contribution in [0.2, 0.25) is 0 Å². The Labute approximate surface area is 238 Å². The molecule has 2 heterocycles. The van der Waals surface area contributed by atoms with E-state index in [9.17, 15) is 14.3 Å². The van der Waals surface area contributed by atoms with Gasteiger partial charge in [0.1, 0.15) is 6.10 Å². The number of fused-ring (bicyclic) bond motifs is 2. The summed E-state index contributed by atoms with van der Waals surface area (Å²) in [6, 6.07) is 0.844. The molecule has 0 saturated carbocycles. The number of carbonyl (C=O) groups excluding carboxylic acids is 1. The van der Waals surface area contributed by atoms with Crippen LogP contribution in [0.5, 0.6) is 0 Å². The lowest BCUT2D eigenvalue weighted by molar-refractivity contribution is -0.931. The molecule has 4 atom stereocenters. The van der Waals surface area contributed by atoms with E-state index in [0.29, 0.717) is 18.7 Å². The Balaban J connectivity index is 1.50. The van der Waals surface area contributed by atoms with Gasteiger partial charge in [0.2, 0.25) is 0 Å². The number of ether oxygens (including phenoxy) is 2. The normalized spacial score (nSPS) is 24.4. The minimum atomic E-state index is -4.51. The number of nitrogens with zero attached hydrogens (tertiary/aromatic N) is 1. The van der Waals surface area contributed by atoms with E-state index in [0.717, 1.165) is 43.0 Å². The largest absolute Gasteiger partial charge is 0.756 e. The average Bonchev–Trinajstić information content (AvgIpc) is 3.02. The van der Waals surface area contributed by atoms with E-state index < -0.39 is 19.9 Å². The number of rotatable bonds is 23. The van der Waals surface area contributed by atoms with Crippen LogP contribution in [-0.4, -0.2) is 68.7 Å². The smallest absolute Gasteiger partial charge is 0.303 e. The topological polar surface area (TPSA) is 94.1 Å². The van der Waals surface area contributed by atoms with Gasteiger partial charge >= 0.3 is 5.97 Å². The third kappa shape index (κ3) is 14.3. The molecule has 0 aliphatic carbocycles. The molecule has 0 spiro atoms. The highest BCUT2D eigenvalue weighted by atomic mass is 31.2. The fourth-order valence-corrected chi connectivity index (χ4v) is 7.22. The van der Waals surface area contributed by atoms with Gasteiger partial charge in [0, 0.05) is 39.2 Å². The van der Waals surface area contributed by atoms with E-state index in [2.05, 4.69) is 21.0 Å². The lowest BCUT2D eigenvalue weighted by Gasteiger charge is -2.45. The molecule has 2 saturated heterocycles. The number of hydrogen-bond donors (Lipinski definition) is 0. The second-order valence-corrected chi connectivity index (χ2v) is 13.7. The van der Waals surface area contributed by atoms with Gasteiger partial charge in [0.15, 0.2) is 0 Å². The molecule has 0 amide bonds. The molecule has 8 nitrogen and oxygen atoms in total. The Hall–Kier alpha value is -0.500. The number of quaternary nitrogens is 1. The standard InChI is InChI=1S/C30H58NO7P/c1-5-6-7-8-9-10-11-12-13-14-15-16-17-18-21-35-24-30(37-26(2)32)25-36-39(33,34)38-29-22-27-19-20-28(23-29)31(27,3)4/h27-30H,5-25H2,1-4H3. The van der Waals surface area contributed by atoms with E-state index in [4.69, 9.17) is 18.5 Å². The van der Waals surface area contributed by atoms with E-state index >= 15 is 0 Å². The van der Waals surface area contributed by atoms with Gasteiger partial charge < -0.3 is 27.9 Å². The first-order chi connectivity index (χ1) is 18.6. The maximum atomic E-state index is 12.5. The van der Waals surface area contributed by atoms with Crippen molar-refractivity contribution < 1.29 is 37.3 Å². The lowest BCUT2D eigenvalue weighted by atomic mass is 9.98. The van der Waals surface area contributed by atoms with Crippen LogP contribution in [-0.2, 0) is 27.9 Å². The predicted molar refractivity (Wildman–Crippen MR) is 153 cm³/mol. The molecule has 2 aliphatic rings. The number of phosphoric acid groups is 1. The monoisotopic (exact) mass is 575 g/mol.